The summed E-state index contributed by atoms with van der Waals surface area (Å²) in [4.78, 5) is 20.7. The van der Waals surface area contributed by atoms with Gasteiger partial charge in [-0.15, -0.1) is 0 Å². The number of carbonyl (C=O) groups is 1. The predicted molar refractivity (Wildman–Crippen MR) is 69.9 cm³/mol. The van der Waals surface area contributed by atoms with Crippen molar-refractivity contribution in [2.24, 2.45) is 0 Å². The number of nitrogens with one attached hydrogen (secondary N) is 1. The highest BCUT2D eigenvalue weighted by Crippen LogP contribution is 2.24. The molecule has 9 heteroatoms. The van der Waals surface area contributed by atoms with Crippen molar-refractivity contribution in [3.63, 3.8) is 0 Å². The van der Waals surface area contributed by atoms with E-state index in [-0.39, 0.29) is 22.6 Å². The molecule has 0 radical (unpaired) electrons. The molecule has 0 fully saturated rings. The highest BCUT2D eigenvalue weighted by atomic mass is 32.2. The summed E-state index contributed by atoms with van der Waals surface area (Å²) in [6.45, 7) is 2.82. The first-order chi connectivity index (χ1) is 9.20. The Morgan fingerprint density at radius 2 is 2.10 bits per heavy atom. The van der Waals surface area contributed by atoms with Crippen LogP contribution < -0.4 is 4.72 Å². The molecule has 1 aromatic carbocycles. The normalized spacial score (nSPS) is 12.9. The number of nitro groups is 1. The fraction of sp³-hybridized carbons (Fsp3) is 0.364. The van der Waals surface area contributed by atoms with E-state index >= 15 is 0 Å². The van der Waals surface area contributed by atoms with Crippen LogP contribution >= 0.6 is 0 Å². The second kappa shape index (κ2) is 5.97. The van der Waals surface area contributed by atoms with Crippen LogP contribution in [0.4, 0.5) is 5.69 Å². The van der Waals surface area contributed by atoms with Crippen LogP contribution in [0.15, 0.2) is 23.1 Å². The lowest BCUT2D eigenvalue weighted by Gasteiger charge is -2.14. The first-order valence-corrected chi connectivity index (χ1v) is 7.18. The third-order valence-corrected chi connectivity index (χ3v) is 4.36. The topological polar surface area (TPSA) is 127 Å². The highest BCUT2D eigenvalue weighted by molar-refractivity contribution is 7.89. The van der Waals surface area contributed by atoms with Gasteiger partial charge in [0.05, 0.1) is 9.82 Å². The van der Waals surface area contributed by atoms with Gasteiger partial charge >= 0.3 is 5.97 Å². The van der Waals surface area contributed by atoms with Gasteiger partial charge in [0.25, 0.3) is 5.69 Å². The van der Waals surface area contributed by atoms with Gasteiger partial charge in [-0.1, -0.05) is 13.0 Å². The van der Waals surface area contributed by atoms with Crippen LogP contribution in [0.1, 0.15) is 18.9 Å². The summed E-state index contributed by atoms with van der Waals surface area (Å²) < 4.78 is 26.2. The zero-order valence-corrected chi connectivity index (χ0v) is 11.7. The van der Waals surface area contributed by atoms with Crippen molar-refractivity contribution >= 4 is 21.7 Å². The number of hydrogen-bond donors (Lipinski definition) is 2. The second-order valence-corrected chi connectivity index (χ2v) is 5.76. The third-order valence-electron chi connectivity index (χ3n) is 2.75. The smallest absolute Gasteiger partial charge is 0.321 e. The lowest BCUT2D eigenvalue weighted by Crippen LogP contribution is -2.40. The summed E-state index contributed by atoms with van der Waals surface area (Å²) in [7, 11) is -4.14. The molecule has 0 heterocycles. The molecular weight excluding hydrogens is 288 g/mol. The summed E-state index contributed by atoms with van der Waals surface area (Å²) in [5.41, 5.74) is -0.374. The van der Waals surface area contributed by atoms with Gasteiger partial charge in [0.15, 0.2) is 0 Å². The van der Waals surface area contributed by atoms with E-state index < -0.39 is 27.0 Å². The van der Waals surface area contributed by atoms with Crippen LogP contribution in [0, 0.1) is 17.0 Å². The average molecular weight is 302 g/mol. The minimum atomic E-state index is -4.14. The Morgan fingerprint density at radius 1 is 1.50 bits per heavy atom. The highest BCUT2D eigenvalue weighted by Gasteiger charge is 2.27. The Labute approximate surface area is 115 Å². The van der Waals surface area contributed by atoms with Crippen LogP contribution in [0.3, 0.4) is 0 Å². The van der Waals surface area contributed by atoms with E-state index in [1.807, 2.05) is 4.72 Å². The maximum Gasteiger partial charge on any atom is 0.321 e. The van der Waals surface area contributed by atoms with Gasteiger partial charge in [0.1, 0.15) is 6.04 Å². The monoisotopic (exact) mass is 302 g/mol. The number of carboxylic acid groups (broad SMARTS) is 1. The Balaban J connectivity index is 3.26. The SMILES string of the molecule is CCC(NS(=O)(=O)c1cccc([N+](=O)[O-])c1C)C(=O)O. The third kappa shape index (κ3) is 3.31. The van der Waals surface area contributed by atoms with E-state index in [1.165, 1.54) is 32.0 Å². The Morgan fingerprint density at radius 3 is 2.55 bits per heavy atom. The summed E-state index contributed by atoms with van der Waals surface area (Å²) in [6.07, 6.45) is 0.0581. The summed E-state index contributed by atoms with van der Waals surface area (Å²) >= 11 is 0. The van der Waals surface area contributed by atoms with Crippen LogP contribution in [-0.4, -0.2) is 30.5 Å². The number of sulfonamides is 1. The Kier molecular flexibility index (Phi) is 4.79. The summed E-state index contributed by atoms with van der Waals surface area (Å²) in [5.74, 6) is -1.31. The fourth-order valence-corrected chi connectivity index (χ4v) is 3.19. The molecule has 0 amide bonds. The van der Waals surface area contributed by atoms with Crippen LogP contribution in [-0.2, 0) is 14.8 Å². The van der Waals surface area contributed by atoms with Gasteiger partial charge in [-0.05, 0) is 19.4 Å². The second-order valence-electron chi connectivity index (χ2n) is 4.08. The van der Waals surface area contributed by atoms with E-state index in [4.69, 9.17) is 5.11 Å². The van der Waals surface area contributed by atoms with E-state index in [2.05, 4.69) is 0 Å². The molecular formula is C11H14N2O6S. The molecule has 20 heavy (non-hydrogen) atoms. The van der Waals surface area contributed by atoms with Crippen molar-refractivity contribution in [3.8, 4) is 0 Å². The number of carboxylic acids is 1. The number of benzene rings is 1. The molecule has 0 aliphatic rings. The molecule has 0 spiro atoms. The van der Waals surface area contributed by atoms with Gasteiger partial charge < -0.3 is 5.11 Å². The van der Waals surface area contributed by atoms with Crippen LogP contribution in [0.25, 0.3) is 0 Å². The molecule has 1 unspecified atom stereocenters. The van der Waals surface area contributed by atoms with Gasteiger partial charge in [-0.2, -0.15) is 4.72 Å². The number of rotatable bonds is 6. The summed E-state index contributed by atoms with van der Waals surface area (Å²) in [6, 6.07) is 2.34. The van der Waals surface area contributed by atoms with Crippen molar-refractivity contribution in [2.75, 3.05) is 0 Å². The Bertz CT molecular complexity index is 640. The van der Waals surface area contributed by atoms with Crippen molar-refractivity contribution in [1.29, 1.82) is 0 Å². The molecule has 0 bridgehead atoms. The molecule has 2 N–H and O–H groups in total. The fourth-order valence-electron chi connectivity index (χ4n) is 1.65. The summed E-state index contributed by atoms with van der Waals surface area (Å²) in [5, 5.41) is 19.6. The van der Waals surface area contributed by atoms with Gasteiger partial charge in [-0.3, -0.25) is 14.9 Å². The molecule has 1 atom stereocenters. The number of nitrogens with zero attached hydrogens (tertiary/aromatic N) is 1. The maximum absolute atomic E-state index is 12.1. The van der Waals surface area contributed by atoms with E-state index in [1.54, 1.807) is 0 Å². The molecule has 1 aromatic rings. The lowest BCUT2D eigenvalue weighted by molar-refractivity contribution is -0.385. The predicted octanol–water partition coefficient (Wildman–Crippen LogP) is 1.04. The van der Waals surface area contributed by atoms with Crippen molar-refractivity contribution < 1.29 is 23.2 Å². The molecule has 0 aromatic heterocycles. The molecule has 0 saturated heterocycles. The first kappa shape index (κ1) is 16.1. The van der Waals surface area contributed by atoms with Gasteiger partial charge in [-0.25, -0.2) is 8.42 Å². The van der Waals surface area contributed by atoms with Gasteiger partial charge in [0.2, 0.25) is 10.0 Å². The molecule has 8 nitrogen and oxygen atoms in total. The standard InChI is InChI=1S/C11H14N2O6S/c1-3-8(11(14)15)12-20(18,19)10-6-4-5-9(7(10)2)13(16)17/h4-6,8,12H,3H2,1-2H3,(H,14,15). The first-order valence-electron chi connectivity index (χ1n) is 5.69. The van der Waals surface area contributed by atoms with E-state index in [0.29, 0.717) is 0 Å². The molecule has 0 aliphatic carbocycles. The molecule has 0 saturated carbocycles. The minimum Gasteiger partial charge on any atom is -0.480 e. The van der Waals surface area contributed by atoms with E-state index in [9.17, 15) is 23.3 Å². The van der Waals surface area contributed by atoms with Crippen molar-refractivity contribution in [1.82, 2.24) is 4.72 Å². The number of nitro benzene ring substituents is 1. The van der Waals surface area contributed by atoms with Gasteiger partial charge in [0, 0.05) is 11.6 Å². The maximum atomic E-state index is 12.1. The lowest BCUT2D eigenvalue weighted by atomic mass is 10.2. The minimum absolute atomic E-state index is 0.0368. The molecule has 1 rings (SSSR count). The zero-order valence-electron chi connectivity index (χ0n) is 10.9. The number of aliphatic carboxylic acids is 1. The van der Waals surface area contributed by atoms with Crippen LogP contribution in [0.5, 0.6) is 0 Å². The largest absolute Gasteiger partial charge is 0.480 e. The molecule has 0 aliphatic heterocycles. The Hall–Kier alpha value is -2.00. The van der Waals surface area contributed by atoms with Crippen molar-refractivity contribution in [2.45, 2.75) is 31.2 Å². The van der Waals surface area contributed by atoms with Crippen LogP contribution in [0.2, 0.25) is 0 Å². The zero-order chi connectivity index (χ0) is 15.5. The quantitative estimate of drug-likeness (QED) is 0.597. The molecule has 110 valence electrons. The number of hydrogen-bond acceptors (Lipinski definition) is 5. The van der Waals surface area contributed by atoms with Crippen molar-refractivity contribution in [3.05, 3.63) is 33.9 Å². The van der Waals surface area contributed by atoms with E-state index in [0.717, 1.165) is 0 Å². The average Bonchev–Trinajstić information content (AvgIpc) is 2.35.